The van der Waals surface area contributed by atoms with Gasteiger partial charge in [0.1, 0.15) is 12.4 Å². The molecule has 0 aliphatic rings. The van der Waals surface area contributed by atoms with E-state index in [9.17, 15) is 9.59 Å². The number of benzene rings is 3. The highest BCUT2D eigenvalue weighted by molar-refractivity contribution is 7.98. The molecule has 8 heteroatoms. The maximum Gasteiger partial charge on any atom is 0.344 e. The van der Waals surface area contributed by atoms with Crippen molar-refractivity contribution < 1.29 is 19.1 Å². The second-order valence-electron chi connectivity index (χ2n) is 7.45. The van der Waals surface area contributed by atoms with Crippen molar-refractivity contribution >= 4 is 41.6 Å². The van der Waals surface area contributed by atoms with Gasteiger partial charge in [0.15, 0.2) is 6.61 Å². The summed E-state index contributed by atoms with van der Waals surface area (Å²) in [5.41, 5.74) is 6.34. The van der Waals surface area contributed by atoms with E-state index in [1.807, 2.05) is 60.5 Å². The number of nitrogens with one attached hydrogen (secondary N) is 1. The Morgan fingerprint density at radius 2 is 1.60 bits per heavy atom. The Kier molecular flexibility index (Phi) is 11.2. The van der Waals surface area contributed by atoms with Gasteiger partial charge in [-0.3, -0.25) is 4.79 Å². The van der Waals surface area contributed by atoms with Gasteiger partial charge in [0, 0.05) is 22.8 Å². The molecule has 0 saturated carbocycles. The number of amides is 1. The zero-order chi connectivity index (χ0) is 24.7. The van der Waals surface area contributed by atoms with Gasteiger partial charge in [-0.1, -0.05) is 42.5 Å². The number of rotatable bonds is 13. The first kappa shape index (κ1) is 26.4. The van der Waals surface area contributed by atoms with Gasteiger partial charge in [0.25, 0.3) is 5.91 Å². The van der Waals surface area contributed by atoms with E-state index in [4.69, 9.17) is 9.47 Å². The molecular formula is C27H28N2O4S2. The number of ether oxygens (including phenoxy) is 2. The van der Waals surface area contributed by atoms with E-state index >= 15 is 0 Å². The van der Waals surface area contributed by atoms with Gasteiger partial charge in [-0.05, 0) is 59.3 Å². The van der Waals surface area contributed by atoms with E-state index in [2.05, 4.69) is 22.7 Å². The zero-order valence-electron chi connectivity index (χ0n) is 19.5. The number of hydrazone groups is 1. The lowest BCUT2D eigenvalue weighted by atomic mass is 10.1. The molecule has 0 bridgehead atoms. The van der Waals surface area contributed by atoms with Crippen molar-refractivity contribution in [1.29, 1.82) is 0 Å². The standard InChI is InChI=1S/C27H28N2O4S2/c1-34-16-15-32-26(30)18-33-25-13-9-21(10-14-25)17-28-29-27(31)24-11-7-23(8-12-24)20-35-19-22-5-3-2-4-6-22/h2-14,17H,15-16,18-20H2,1H3,(H,29,31)/b28-17-. The maximum atomic E-state index is 12.3. The van der Waals surface area contributed by atoms with Crippen LogP contribution in [-0.2, 0) is 21.0 Å². The lowest BCUT2D eigenvalue weighted by molar-refractivity contribution is -0.145. The number of thioether (sulfide) groups is 2. The van der Waals surface area contributed by atoms with E-state index in [0.29, 0.717) is 17.9 Å². The largest absolute Gasteiger partial charge is 0.482 e. The Morgan fingerprint density at radius 3 is 2.29 bits per heavy atom. The van der Waals surface area contributed by atoms with Crippen molar-refractivity contribution in [2.45, 2.75) is 11.5 Å². The molecule has 0 unspecified atom stereocenters. The summed E-state index contributed by atoms with van der Waals surface area (Å²) < 4.78 is 10.4. The fourth-order valence-electron chi connectivity index (χ4n) is 2.92. The predicted octanol–water partition coefficient (Wildman–Crippen LogP) is 5.17. The highest BCUT2D eigenvalue weighted by Crippen LogP contribution is 2.18. The summed E-state index contributed by atoms with van der Waals surface area (Å²) in [6, 6.07) is 24.9. The van der Waals surface area contributed by atoms with Crippen molar-refractivity contribution in [2.24, 2.45) is 5.10 Å². The topological polar surface area (TPSA) is 77.0 Å². The minimum absolute atomic E-state index is 0.137. The molecule has 0 aliphatic heterocycles. The van der Waals surface area contributed by atoms with Crippen molar-refractivity contribution in [2.75, 3.05) is 25.2 Å². The number of hydrogen-bond donors (Lipinski definition) is 1. The fraction of sp³-hybridized carbons (Fsp3) is 0.222. The maximum absolute atomic E-state index is 12.3. The van der Waals surface area contributed by atoms with Crippen LogP contribution in [0.4, 0.5) is 0 Å². The van der Waals surface area contributed by atoms with E-state index in [1.165, 1.54) is 11.1 Å². The van der Waals surface area contributed by atoms with Gasteiger partial charge in [0.2, 0.25) is 0 Å². The van der Waals surface area contributed by atoms with Crippen molar-refractivity contribution in [3.05, 3.63) is 101 Å². The van der Waals surface area contributed by atoms with Gasteiger partial charge in [0.05, 0.1) is 6.21 Å². The van der Waals surface area contributed by atoms with Crippen LogP contribution in [0.5, 0.6) is 5.75 Å². The molecule has 0 heterocycles. The molecular weight excluding hydrogens is 480 g/mol. The second kappa shape index (κ2) is 14.9. The van der Waals surface area contributed by atoms with Crippen molar-refractivity contribution in [3.8, 4) is 5.75 Å². The first-order valence-corrected chi connectivity index (χ1v) is 13.6. The smallest absolute Gasteiger partial charge is 0.344 e. The molecule has 1 amide bonds. The SMILES string of the molecule is CSCCOC(=O)COc1ccc(/C=N\NC(=O)c2ccc(CSCc3ccccc3)cc2)cc1. The molecule has 0 aliphatic carbocycles. The summed E-state index contributed by atoms with van der Waals surface area (Å²) in [7, 11) is 0. The summed E-state index contributed by atoms with van der Waals surface area (Å²) in [6.45, 7) is 0.241. The third-order valence-electron chi connectivity index (χ3n) is 4.76. The number of nitrogens with zero attached hydrogens (tertiary/aromatic N) is 1. The predicted molar refractivity (Wildman–Crippen MR) is 144 cm³/mol. The third-order valence-corrected chi connectivity index (χ3v) is 6.41. The quantitative estimate of drug-likeness (QED) is 0.149. The first-order chi connectivity index (χ1) is 17.1. The summed E-state index contributed by atoms with van der Waals surface area (Å²) in [5, 5.41) is 4.02. The summed E-state index contributed by atoms with van der Waals surface area (Å²) >= 11 is 3.45. The highest BCUT2D eigenvalue weighted by Gasteiger charge is 2.05. The van der Waals surface area contributed by atoms with E-state index < -0.39 is 5.97 Å². The van der Waals surface area contributed by atoms with Gasteiger partial charge in [-0.15, -0.1) is 0 Å². The molecule has 182 valence electrons. The van der Waals surface area contributed by atoms with Crippen LogP contribution in [0.15, 0.2) is 84.0 Å². The Morgan fingerprint density at radius 1 is 0.914 bits per heavy atom. The monoisotopic (exact) mass is 508 g/mol. The Balaban J connectivity index is 1.38. The minimum Gasteiger partial charge on any atom is -0.482 e. The van der Waals surface area contributed by atoms with Crippen LogP contribution in [0.1, 0.15) is 27.0 Å². The molecule has 0 spiro atoms. The third kappa shape index (κ3) is 9.88. The van der Waals surface area contributed by atoms with Crippen LogP contribution in [0.3, 0.4) is 0 Å². The zero-order valence-corrected chi connectivity index (χ0v) is 21.1. The first-order valence-electron chi connectivity index (χ1n) is 11.1. The van der Waals surface area contributed by atoms with Gasteiger partial charge in [-0.2, -0.15) is 28.6 Å². The van der Waals surface area contributed by atoms with E-state index in [0.717, 1.165) is 22.8 Å². The number of esters is 1. The van der Waals surface area contributed by atoms with Crippen molar-refractivity contribution in [1.82, 2.24) is 5.43 Å². The molecule has 0 aromatic heterocycles. The van der Waals surface area contributed by atoms with Crippen LogP contribution in [-0.4, -0.2) is 43.3 Å². The Bertz CT molecular complexity index is 1090. The average Bonchev–Trinajstić information content (AvgIpc) is 2.89. The number of carbonyl (C=O) groups is 2. The lowest BCUT2D eigenvalue weighted by Gasteiger charge is -2.06. The van der Waals surface area contributed by atoms with Crippen LogP contribution in [0.2, 0.25) is 0 Å². The van der Waals surface area contributed by atoms with Crippen molar-refractivity contribution in [3.63, 3.8) is 0 Å². The van der Waals surface area contributed by atoms with Crippen LogP contribution >= 0.6 is 23.5 Å². The normalized spacial score (nSPS) is 10.8. The molecule has 0 fully saturated rings. The molecule has 0 saturated heterocycles. The van der Waals surface area contributed by atoms with Crippen LogP contribution < -0.4 is 10.2 Å². The summed E-state index contributed by atoms with van der Waals surface area (Å²) in [4.78, 5) is 23.9. The average molecular weight is 509 g/mol. The van der Waals surface area contributed by atoms with Crippen LogP contribution in [0, 0.1) is 0 Å². The summed E-state index contributed by atoms with van der Waals surface area (Å²) in [6.07, 6.45) is 3.50. The molecule has 35 heavy (non-hydrogen) atoms. The van der Waals surface area contributed by atoms with Crippen LogP contribution in [0.25, 0.3) is 0 Å². The molecule has 1 N–H and O–H groups in total. The Labute approximate surface area is 214 Å². The number of hydrogen-bond acceptors (Lipinski definition) is 7. The molecule has 3 aromatic rings. The van der Waals surface area contributed by atoms with Gasteiger partial charge < -0.3 is 9.47 Å². The molecule has 3 rings (SSSR count). The van der Waals surface area contributed by atoms with Gasteiger partial charge in [-0.25, -0.2) is 10.2 Å². The van der Waals surface area contributed by atoms with E-state index in [1.54, 1.807) is 42.2 Å². The fourth-order valence-corrected chi connectivity index (χ4v) is 4.12. The minimum atomic E-state index is -0.397. The molecule has 0 atom stereocenters. The summed E-state index contributed by atoms with van der Waals surface area (Å²) in [5.74, 6) is 2.48. The van der Waals surface area contributed by atoms with Gasteiger partial charge >= 0.3 is 5.97 Å². The molecule has 3 aromatic carbocycles. The Hall–Kier alpha value is -3.23. The highest BCUT2D eigenvalue weighted by atomic mass is 32.2. The molecule has 0 radical (unpaired) electrons. The number of carbonyl (C=O) groups excluding carboxylic acids is 2. The molecule has 6 nitrogen and oxygen atoms in total. The van der Waals surface area contributed by atoms with E-state index in [-0.39, 0.29) is 12.5 Å². The second-order valence-corrected chi connectivity index (χ2v) is 9.42. The lowest BCUT2D eigenvalue weighted by Crippen LogP contribution is -2.17.